The van der Waals surface area contributed by atoms with Gasteiger partial charge in [-0.2, -0.15) is 0 Å². The Balaban J connectivity index is 1.61. The Morgan fingerprint density at radius 3 is 2.55 bits per heavy atom. The minimum Gasteiger partial charge on any atom is -0.454 e. The largest absolute Gasteiger partial charge is 0.454 e. The van der Waals surface area contributed by atoms with Crippen LogP contribution in [-0.2, 0) is 6.54 Å². The Kier molecular flexibility index (Phi) is 6.23. The summed E-state index contributed by atoms with van der Waals surface area (Å²) in [5.74, 6) is -0.970. The van der Waals surface area contributed by atoms with Crippen molar-refractivity contribution in [2.45, 2.75) is 26.8 Å². The van der Waals surface area contributed by atoms with E-state index in [1.54, 1.807) is 6.07 Å². The van der Waals surface area contributed by atoms with E-state index in [1.165, 1.54) is 24.3 Å². The molecule has 29 heavy (non-hydrogen) atoms. The van der Waals surface area contributed by atoms with Gasteiger partial charge < -0.3 is 9.40 Å². The number of hydrazine groups is 1. The van der Waals surface area contributed by atoms with Gasteiger partial charge in [-0.1, -0.05) is 13.8 Å². The van der Waals surface area contributed by atoms with E-state index in [0.29, 0.717) is 23.3 Å². The second-order valence-electron chi connectivity index (χ2n) is 6.29. The Morgan fingerprint density at radius 1 is 1.14 bits per heavy atom. The van der Waals surface area contributed by atoms with Crippen LogP contribution >= 0.6 is 0 Å². The zero-order valence-corrected chi connectivity index (χ0v) is 16.0. The van der Waals surface area contributed by atoms with Gasteiger partial charge in [0.1, 0.15) is 5.76 Å². The molecule has 3 aromatic rings. The van der Waals surface area contributed by atoms with Crippen LogP contribution in [0.25, 0.3) is 11.0 Å². The zero-order valence-electron chi connectivity index (χ0n) is 16.0. The molecule has 0 radical (unpaired) electrons. The first-order valence-corrected chi connectivity index (χ1v) is 9.10. The van der Waals surface area contributed by atoms with E-state index in [9.17, 15) is 18.4 Å². The molecule has 10 heteroatoms. The SMILES string of the molecule is CCN(CC)Cc1ccc(C(=O)NNC(=O)c2ccc3nc(C(F)F)[nH]c3c2)o1. The quantitative estimate of drug-likeness (QED) is 0.525. The zero-order chi connectivity index (χ0) is 21.0. The molecule has 0 bridgehead atoms. The van der Waals surface area contributed by atoms with Crippen LogP contribution in [0, 0.1) is 0 Å². The highest BCUT2D eigenvalue weighted by Crippen LogP contribution is 2.20. The highest BCUT2D eigenvalue weighted by atomic mass is 19.3. The average molecular weight is 405 g/mol. The van der Waals surface area contributed by atoms with E-state index in [4.69, 9.17) is 4.42 Å². The Morgan fingerprint density at radius 2 is 1.86 bits per heavy atom. The van der Waals surface area contributed by atoms with Gasteiger partial charge in [-0.25, -0.2) is 13.8 Å². The standard InChI is InChI=1S/C19H21F2N5O3/c1-3-26(4-2)10-12-6-8-15(29-12)19(28)25-24-18(27)11-5-7-13-14(9-11)23-17(22-13)16(20)21/h5-9,16H,3-4,10H2,1-2H3,(H,22,23)(H,24,27)(H,25,28). The lowest BCUT2D eigenvalue weighted by molar-refractivity contribution is 0.0829. The fourth-order valence-corrected chi connectivity index (χ4v) is 2.77. The molecule has 0 saturated carbocycles. The molecule has 8 nitrogen and oxygen atoms in total. The van der Waals surface area contributed by atoms with Gasteiger partial charge in [0.2, 0.25) is 0 Å². The summed E-state index contributed by atoms with van der Waals surface area (Å²) in [5, 5.41) is 0. The average Bonchev–Trinajstić information content (AvgIpc) is 3.36. The lowest BCUT2D eigenvalue weighted by Crippen LogP contribution is -2.41. The number of alkyl halides is 2. The van der Waals surface area contributed by atoms with Crippen LogP contribution in [0.15, 0.2) is 34.7 Å². The lowest BCUT2D eigenvalue weighted by atomic mass is 10.2. The topological polar surface area (TPSA) is 103 Å². The normalized spacial score (nSPS) is 11.4. The van der Waals surface area contributed by atoms with Crippen LogP contribution < -0.4 is 10.9 Å². The molecule has 154 valence electrons. The van der Waals surface area contributed by atoms with E-state index in [-0.39, 0.29) is 11.3 Å². The number of nitrogens with one attached hydrogen (secondary N) is 3. The number of furan rings is 1. The van der Waals surface area contributed by atoms with Gasteiger partial charge in [0.25, 0.3) is 12.3 Å². The molecular weight excluding hydrogens is 384 g/mol. The molecule has 3 N–H and O–H groups in total. The van der Waals surface area contributed by atoms with Crippen molar-refractivity contribution in [1.29, 1.82) is 0 Å². The molecule has 0 atom stereocenters. The van der Waals surface area contributed by atoms with E-state index in [1.807, 2.05) is 13.8 Å². The molecule has 3 rings (SSSR count). The van der Waals surface area contributed by atoms with Crippen LogP contribution in [0.3, 0.4) is 0 Å². The van der Waals surface area contributed by atoms with Gasteiger partial charge in [0.15, 0.2) is 11.6 Å². The third-order valence-corrected chi connectivity index (χ3v) is 4.42. The number of nitrogens with zero attached hydrogens (tertiary/aromatic N) is 2. The van der Waals surface area contributed by atoms with Crippen LogP contribution in [0.4, 0.5) is 8.78 Å². The van der Waals surface area contributed by atoms with E-state index in [2.05, 4.69) is 25.7 Å². The maximum atomic E-state index is 12.7. The number of aromatic nitrogens is 2. The van der Waals surface area contributed by atoms with Crippen molar-refractivity contribution in [1.82, 2.24) is 25.7 Å². The Bertz CT molecular complexity index is 1010. The Hall–Kier alpha value is -3.27. The van der Waals surface area contributed by atoms with E-state index in [0.717, 1.165) is 13.1 Å². The molecule has 0 unspecified atom stereocenters. The number of amides is 2. The molecule has 0 spiro atoms. The Labute approximate surface area is 165 Å². The highest BCUT2D eigenvalue weighted by molar-refractivity contribution is 5.99. The van der Waals surface area contributed by atoms with Crippen molar-refractivity contribution in [3.05, 3.63) is 53.2 Å². The predicted molar refractivity (Wildman–Crippen MR) is 101 cm³/mol. The van der Waals surface area contributed by atoms with Crippen LogP contribution in [0.2, 0.25) is 0 Å². The van der Waals surface area contributed by atoms with E-state index < -0.39 is 24.1 Å². The molecule has 2 aromatic heterocycles. The molecule has 0 aliphatic heterocycles. The fourth-order valence-electron chi connectivity index (χ4n) is 2.77. The van der Waals surface area contributed by atoms with Gasteiger partial charge in [0.05, 0.1) is 17.6 Å². The second-order valence-corrected chi connectivity index (χ2v) is 6.29. The molecule has 1 aromatic carbocycles. The van der Waals surface area contributed by atoms with Gasteiger partial charge in [0, 0.05) is 5.56 Å². The van der Waals surface area contributed by atoms with Crippen molar-refractivity contribution in [2.24, 2.45) is 0 Å². The molecular formula is C19H21F2N5O3. The summed E-state index contributed by atoms with van der Waals surface area (Å²) < 4.78 is 30.9. The summed E-state index contributed by atoms with van der Waals surface area (Å²) in [6, 6.07) is 7.49. The first-order valence-electron chi connectivity index (χ1n) is 9.10. The van der Waals surface area contributed by atoms with Gasteiger partial charge in [-0.05, 0) is 43.4 Å². The number of halogens is 2. The molecule has 0 aliphatic rings. The van der Waals surface area contributed by atoms with Gasteiger partial charge in [-0.3, -0.25) is 25.3 Å². The third kappa shape index (κ3) is 4.77. The molecule has 0 fully saturated rings. The van der Waals surface area contributed by atoms with Crippen LogP contribution in [0.5, 0.6) is 0 Å². The molecule has 0 saturated heterocycles. The summed E-state index contributed by atoms with van der Waals surface area (Å²) >= 11 is 0. The maximum Gasteiger partial charge on any atom is 0.305 e. The summed E-state index contributed by atoms with van der Waals surface area (Å²) in [6.07, 6.45) is -2.74. The fraction of sp³-hybridized carbons (Fsp3) is 0.316. The van der Waals surface area contributed by atoms with Crippen molar-refractivity contribution in [2.75, 3.05) is 13.1 Å². The summed E-state index contributed by atoms with van der Waals surface area (Å²) in [5.41, 5.74) is 5.33. The number of H-pyrrole nitrogens is 1. The highest BCUT2D eigenvalue weighted by Gasteiger charge is 2.16. The summed E-state index contributed by atoms with van der Waals surface area (Å²) in [6.45, 7) is 6.36. The van der Waals surface area contributed by atoms with Gasteiger partial charge >= 0.3 is 5.91 Å². The monoisotopic (exact) mass is 405 g/mol. The number of hydrogen-bond acceptors (Lipinski definition) is 5. The first-order chi connectivity index (χ1) is 13.9. The number of carbonyl (C=O) groups excluding carboxylic acids is 2. The minimum atomic E-state index is -2.74. The number of hydrogen-bond donors (Lipinski definition) is 3. The number of carbonyl (C=O) groups is 2. The van der Waals surface area contributed by atoms with Crippen molar-refractivity contribution < 1.29 is 22.8 Å². The second kappa shape index (κ2) is 8.82. The summed E-state index contributed by atoms with van der Waals surface area (Å²) in [4.78, 5) is 32.8. The predicted octanol–water partition coefficient (Wildman–Crippen LogP) is 3.01. The maximum absolute atomic E-state index is 12.7. The smallest absolute Gasteiger partial charge is 0.305 e. The molecule has 2 amide bonds. The third-order valence-electron chi connectivity index (χ3n) is 4.42. The number of fused-ring (bicyclic) bond motifs is 1. The minimum absolute atomic E-state index is 0.0676. The number of aromatic amines is 1. The number of benzene rings is 1. The first kappa shape index (κ1) is 20.5. The number of imidazole rings is 1. The van der Waals surface area contributed by atoms with Crippen molar-refractivity contribution in [3.63, 3.8) is 0 Å². The van der Waals surface area contributed by atoms with Crippen LogP contribution in [-0.4, -0.2) is 39.8 Å². The van der Waals surface area contributed by atoms with Crippen LogP contribution in [0.1, 0.15) is 52.8 Å². The number of rotatable bonds is 7. The lowest BCUT2D eigenvalue weighted by Gasteiger charge is -2.15. The molecule has 0 aliphatic carbocycles. The van der Waals surface area contributed by atoms with Crippen molar-refractivity contribution in [3.8, 4) is 0 Å². The van der Waals surface area contributed by atoms with Crippen molar-refractivity contribution >= 4 is 22.8 Å². The van der Waals surface area contributed by atoms with E-state index >= 15 is 0 Å². The summed E-state index contributed by atoms with van der Waals surface area (Å²) in [7, 11) is 0. The molecule has 2 heterocycles. The van der Waals surface area contributed by atoms with Gasteiger partial charge in [-0.15, -0.1) is 0 Å².